The van der Waals surface area contributed by atoms with E-state index in [9.17, 15) is 33.9 Å². The third-order valence-electron chi connectivity index (χ3n) is 8.31. The van der Waals surface area contributed by atoms with Gasteiger partial charge in [0, 0.05) is 18.9 Å². The fourth-order valence-electron chi connectivity index (χ4n) is 5.60. The number of hydrogen-bond acceptors (Lipinski definition) is 11. The number of carboxylic acid groups (broad SMARTS) is 1. The van der Waals surface area contributed by atoms with Crippen LogP contribution in [0.5, 0.6) is 0 Å². The first-order valence-corrected chi connectivity index (χ1v) is 18.0. The number of amides is 5. The lowest BCUT2D eigenvalue weighted by Gasteiger charge is -2.24. The Morgan fingerprint density at radius 2 is 1.52 bits per heavy atom. The Bertz CT molecular complexity index is 1800. The number of aromatic nitrogens is 4. The van der Waals surface area contributed by atoms with Crippen LogP contribution >= 0.6 is 0 Å². The second kappa shape index (κ2) is 22.1. The van der Waals surface area contributed by atoms with Gasteiger partial charge in [-0.3, -0.25) is 38.7 Å². The zero-order chi connectivity index (χ0) is 41.2. The Morgan fingerprint density at radius 1 is 0.839 bits per heavy atom. The number of primary amides is 1. The summed E-state index contributed by atoms with van der Waals surface area (Å²) in [6, 6.07) is 7.12. The molecule has 2 aromatic heterocycles. The highest BCUT2D eigenvalue weighted by atomic mass is 16.4. The predicted molar refractivity (Wildman–Crippen MR) is 204 cm³/mol. The maximum Gasteiger partial charge on any atom is 0.305 e. The molecular formula is C36H51N13O7. The monoisotopic (exact) mass is 777 g/mol. The second-order valence-corrected chi connectivity index (χ2v) is 13.6. The van der Waals surface area contributed by atoms with Crippen LogP contribution in [0.1, 0.15) is 61.1 Å². The van der Waals surface area contributed by atoms with Crippen LogP contribution in [0.3, 0.4) is 0 Å². The zero-order valence-electron chi connectivity index (χ0n) is 31.3. The van der Waals surface area contributed by atoms with Crippen molar-refractivity contribution in [1.29, 1.82) is 0 Å². The minimum absolute atomic E-state index is 0.0346. The largest absolute Gasteiger partial charge is 0.481 e. The summed E-state index contributed by atoms with van der Waals surface area (Å²) in [7, 11) is 0. The topological polar surface area (TPSA) is 331 Å². The minimum atomic E-state index is -1.47. The molecule has 0 radical (unpaired) electrons. The van der Waals surface area contributed by atoms with Gasteiger partial charge in [0.2, 0.25) is 23.6 Å². The molecule has 5 atom stereocenters. The highest BCUT2D eigenvalue weighted by Gasteiger charge is 2.30. The fourth-order valence-corrected chi connectivity index (χ4v) is 5.60. The van der Waals surface area contributed by atoms with E-state index in [4.69, 9.17) is 22.9 Å². The van der Waals surface area contributed by atoms with Crippen LogP contribution in [0, 0.1) is 5.92 Å². The van der Waals surface area contributed by atoms with Crippen molar-refractivity contribution >= 4 is 41.5 Å². The van der Waals surface area contributed by atoms with Crippen molar-refractivity contribution in [3.63, 3.8) is 0 Å². The van der Waals surface area contributed by atoms with Crippen LogP contribution in [0.15, 0.2) is 66.0 Å². The van der Waals surface area contributed by atoms with E-state index >= 15 is 0 Å². The van der Waals surface area contributed by atoms with Crippen LogP contribution in [0.4, 0.5) is 0 Å². The van der Waals surface area contributed by atoms with Crippen molar-refractivity contribution in [3.05, 3.63) is 77.9 Å². The van der Waals surface area contributed by atoms with Gasteiger partial charge in [-0.15, -0.1) is 5.10 Å². The molecule has 302 valence electrons. The molecule has 0 fully saturated rings. The highest BCUT2D eigenvalue weighted by molar-refractivity contribution is 5.97. The number of rotatable bonds is 23. The van der Waals surface area contributed by atoms with E-state index in [1.807, 2.05) is 44.2 Å². The van der Waals surface area contributed by atoms with E-state index < -0.39 is 72.1 Å². The van der Waals surface area contributed by atoms with Gasteiger partial charge in [0.25, 0.3) is 5.91 Å². The van der Waals surface area contributed by atoms with Gasteiger partial charge in [0.05, 0.1) is 31.2 Å². The number of nitrogens with one attached hydrogen (secondary N) is 4. The summed E-state index contributed by atoms with van der Waals surface area (Å²) in [5.41, 5.74) is 23.7. The van der Waals surface area contributed by atoms with Crippen LogP contribution in [0.2, 0.25) is 0 Å². The lowest BCUT2D eigenvalue weighted by Crippen LogP contribution is -2.55. The molecule has 2 heterocycles. The summed E-state index contributed by atoms with van der Waals surface area (Å²) < 4.78 is 1.30. The van der Waals surface area contributed by atoms with Crippen molar-refractivity contribution in [2.45, 2.75) is 89.1 Å². The molecule has 0 saturated carbocycles. The predicted octanol–water partition coefficient (Wildman–Crippen LogP) is -1.90. The van der Waals surface area contributed by atoms with Crippen LogP contribution in [0.25, 0.3) is 0 Å². The van der Waals surface area contributed by atoms with Gasteiger partial charge in [0.15, 0.2) is 11.7 Å². The Labute approximate surface area is 323 Å². The van der Waals surface area contributed by atoms with E-state index in [2.05, 4.69) is 41.6 Å². The molecule has 20 heteroatoms. The SMILES string of the molecule is CC(C)C[C@H](NC(=O)[C@H](CCCN=C(N)N)NC(=O)c1cn(C[C@H](Cc2ccccc2)NC(=O)[C@H](CC(=O)O)NC(=O)[C@@H](N)Cc2cccnc2)nn1)C(N)=O. The average Bonchev–Trinajstić information content (AvgIpc) is 3.61. The molecule has 5 amide bonds. The summed E-state index contributed by atoms with van der Waals surface area (Å²) in [5, 5.41) is 28.1. The van der Waals surface area contributed by atoms with E-state index in [0.29, 0.717) is 12.0 Å². The Balaban J connectivity index is 1.77. The molecule has 3 aromatic rings. The van der Waals surface area contributed by atoms with Gasteiger partial charge in [0.1, 0.15) is 18.1 Å². The maximum atomic E-state index is 13.6. The van der Waals surface area contributed by atoms with Crippen LogP contribution < -0.4 is 44.2 Å². The number of benzene rings is 1. The van der Waals surface area contributed by atoms with Crippen molar-refractivity contribution in [3.8, 4) is 0 Å². The summed E-state index contributed by atoms with van der Waals surface area (Å²) in [6.07, 6.45) is 4.75. The zero-order valence-corrected chi connectivity index (χ0v) is 31.3. The van der Waals surface area contributed by atoms with E-state index in [1.165, 1.54) is 10.9 Å². The maximum absolute atomic E-state index is 13.6. The highest BCUT2D eigenvalue weighted by Crippen LogP contribution is 2.10. The number of pyridine rings is 1. The number of carbonyl (C=O) groups excluding carboxylic acids is 5. The van der Waals surface area contributed by atoms with Crippen molar-refractivity contribution < 1.29 is 33.9 Å². The molecular weight excluding hydrogens is 726 g/mol. The Kier molecular flexibility index (Phi) is 17.3. The molecule has 0 aliphatic carbocycles. The number of nitrogens with zero attached hydrogens (tertiary/aromatic N) is 5. The summed E-state index contributed by atoms with van der Waals surface area (Å²) >= 11 is 0. The normalized spacial score (nSPS) is 13.6. The lowest BCUT2D eigenvalue weighted by molar-refractivity contribution is -0.141. The number of guanidine groups is 1. The van der Waals surface area contributed by atoms with Crippen molar-refractivity contribution in [2.24, 2.45) is 33.8 Å². The van der Waals surface area contributed by atoms with Gasteiger partial charge in [-0.1, -0.05) is 55.5 Å². The van der Waals surface area contributed by atoms with Crippen molar-refractivity contribution in [2.75, 3.05) is 6.54 Å². The fraction of sp³-hybridized carbons (Fsp3) is 0.444. The van der Waals surface area contributed by atoms with Crippen molar-refractivity contribution in [1.82, 2.24) is 41.2 Å². The molecule has 56 heavy (non-hydrogen) atoms. The van der Waals surface area contributed by atoms with Gasteiger partial charge in [-0.25, -0.2) is 4.68 Å². The summed E-state index contributed by atoms with van der Waals surface area (Å²) in [4.78, 5) is 84.9. The minimum Gasteiger partial charge on any atom is -0.481 e. The summed E-state index contributed by atoms with van der Waals surface area (Å²) in [5.74, 6) is -5.06. The van der Waals surface area contributed by atoms with Gasteiger partial charge in [-0.05, 0) is 55.2 Å². The Hall–Kier alpha value is -6.44. The molecule has 13 N–H and O–H groups in total. The first-order chi connectivity index (χ1) is 26.6. The number of aliphatic carboxylic acids is 1. The molecule has 3 rings (SSSR count). The van der Waals surface area contributed by atoms with Gasteiger partial charge < -0.3 is 49.3 Å². The molecule has 0 spiro atoms. The number of hydrogen-bond donors (Lipinski definition) is 9. The molecule has 0 bridgehead atoms. The standard InChI is InChI=1S/C36H51N13O7/c1-21(2)14-27(31(38)52)45-33(54)26(11-7-13-42-36(39)40)44-35(56)29-20-49(48-47-29)19-24(15-22-8-4-3-5-9-22)43-34(55)28(17-30(50)51)46-32(53)25(37)16-23-10-6-12-41-18-23/h3-6,8-10,12,18,20-21,24-28H,7,11,13-17,19,37H2,1-2H3,(H2,38,52)(H,43,55)(H,44,56)(H,45,54)(H,46,53)(H,50,51)(H4,39,40,42)/t24-,25-,26-,27-,28-/m0/s1. The number of aliphatic imine (C=N–C) groups is 1. The van der Waals surface area contributed by atoms with Crippen LogP contribution in [-0.4, -0.2) is 103 Å². The average molecular weight is 778 g/mol. The number of carboxylic acids is 1. The van der Waals surface area contributed by atoms with E-state index in [1.54, 1.807) is 24.5 Å². The summed E-state index contributed by atoms with van der Waals surface area (Å²) in [6.45, 7) is 3.87. The molecule has 0 aliphatic heterocycles. The number of nitrogens with two attached hydrogens (primary N) is 4. The quantitative estimate of drug-likeness (QED) is 0.0289. The number of carbonyl (C=O) groups is 6. The first kappa shape index (κ1) is 44.0. The third kappa shape index (κ3) is 15.5. The molecule has 0 aliphatic rings. The Morgan fingerprint density at radius 3 is 2.14 bits per heavy atom. The third-order valence-corrected chi connectivity index (χ3v) is 8.31. The second-order valence-electron chi connectivity index (χ2n) is 13.6. The van der Waals surface area contributed by atoms with Gasteiger partial charge >= 0.3 is 5.97 Å². The first-order valence-electron chi connectivity index (χ1n) is 18.0. The van der Waals surface area contributed by atoms with Crippen LogP contribution in [-0.2, 0) is 43.4 Å². The van der Waals surface area contributed by atoms with E-state index in [-0.39, 0.29) is 56.3 Å². The molecule has 20 nitrogen and oxygen atoms in total. The molecule has 0 unspecified atom stereocenters. The smallest absolute Gasteiger partial charge is 0.305 e. The molecule has 1 aromatic carbocycles. The molecule has 0 saturated heterocycles. The van der Waals surface area contributed by atoms with Gasteiger partial charge in [-0.2, -0.15) is 0 Å². The lowest BCUT2D eigenvalue weighted by atomic mass is 10.0. The van der Waals surface area contributed by atoms with E-state index in [0.717, 1.165) is 5.56 Å².